The number of nitrogens with zero attached hydrogens (tertiary/aromatic N) is 2. The Balaban J connectivity index is 1.79. The zero-order chi connectivity index (χ0) is 13.2. The molecular weight excluding hydrogens is 278 g/mol. The predicted molar refractivity (Wildman–Crippen MR) is 82.1 cm³/mol. The van der Waals surface area contributed by atoms with E-state index in [0.717, 1.165) is 34.1 Å². The molecule has 0 aliphatic rings. The van der Waals surface area contributed by atoms with Crippen LogP contribution in [0.2, 0.25) is 5.02 Å². The maximum Gasteiger partial charge on any atom is 0.0729 e. The number of aromatic nitrogens is 2. The molecule has 1 aromatic carbocycles. The third-order valence-electron chi connectivity index (χ3n) is 3.01. The van der Waals surface area contributed by atoms with Gasteiger partial charge in [-0.2, -0.15) is 5.10 Å². The standard InChI is InChI=1S/C14H14ClN3S/c1-2-18-9-10(7-17-18)16-8-13-14(15)11-5-3-4-6-12(11)19-13/h3-7,9,16H,2,8H2,1H3. The summed E-state index contributed by atoms with van der Waals surface area (Å²) in [6.07, 6.45) is 3.84. The van der Waals surface area contributed by atoms with Crippen molar-refractivity contribution in [3.63, 3.8) is 0 Å². The van der Waals surface area contributed by atoms with E-state index in [-0.39, 0.29) is 0 Å². The van der Waals surface area contributed by atoms with Gasteiger partial charge in [0, 0.05) is 27.7 Å². The summed E-state index contributed by atoms with van der Waals surface area (Å²) in [6, 6.07) is 8.22. The van der Waals surface area contributed by atoms with Crippen LogP contribution >= 0.6 is 22.9 Å². The lowest BCUT2D eigenvalue weighted by Gasteiger charge is -2.01. The molecule has 0 saturated heterocycles. The molecule has 1 N–H and O–H groups in total. The van der Waals surface area contributed by atoms with Crippen molar-refractivity contribution in [3.05, 3.63) is 46.6 Å². The second-order valence-electron chi connectivity index (χ2n) is 4.27. The molecule has 0 aliphatic heterocycles. The molecule has 2 heterocycles. The highest BCUT2D eigenvalue weighted by atomic mass is 35.5. The number of fused-ring (bicyclic) bond motifs is 1. The van der Waals surface area contributed by atoms with Gasteiger partial charge in [0.2, 0.25) is 0 Å². The Morgan fingerprint density at radius 3 is 2.95 bits per heavy atom. The number of anilines is 1. The predicted octanol–water partition coefficient (Wildman–Crippen LogP) is 4.38. The van der Waals surface area contributed by atoms with Crippen molar-refractivity contribution in [2.45, 2.75) is 20.0 Å². The summed E-state index contributed by atoms with van der Waals surface area (Å²) in [6.45, 7) is 3.68. The number of thiophene rings is 1. The van der Waals surface area contributed by atoms with Crippen LogP contribution in [0, 0.1) is 0 Å². The molecule has 0 fully saturated rings. The van der Waals surface area contributed by atoms with Gasteiger partial charge in [-0.05, 0) is 13.0 Å². The van der Waals surface area contributed by atoms with Crippen LogP contribution in [-0.4, -0.2) is 9.78 Å². The monoisotopic (exact) mass is 291 g/mol. The van der Waals surface area contributed by atoms with Gasteiger partial charge in [0.15, 0.2) is 0 Å². The maximum absolute atomic E-state index is 6.41. The zero-order valence-corrected chi connectivity index (χ0v) is 12.1. The second kappa shape index (κ2) is 5.23. The highest BCUT2D eigenvalue weighted by molar-refractivity contribution is 7.19. The summed E-state index contributed by atoms with van der Waals surface area (Å²) >= 11 is 8.14. The summed E-state index contributed by atoms with van der Waals surface area (Å²) in [4.78, 5) is 1.16. The van der Waals surface area contributed by atoms with Crippen molar-refractivity contribution in [2.24, 2.45) is 0 Å². The molecule has 3 aromatic rings. The molecule has 3 rings (SSSR count). The molecular formula is C14H14ClN3S. The maximum atomic E-state index is 6.41. The van der Waals surface area contributed by atoms with Crippen LogP contribution in [-0.2, 0) is 13.1 Å². The normalized spacial score (nSPS) is 11.1. The van der Waals surface area contributed by atoms with Crippen LogP contribution in [0.4, 0.5) is 5.69 Å². The Labute approximate surface area is 120 Å². The molecule has 0 amide bonds. The number of aryl methyl sites for hydroxylation is 1. The molecule has 0 aliphatic carbocycles. The number of hydrogen-bond donors (Lipinski definition) is 1. The molecule has 0 saturated carbocycles. The second-order valence-corrected chi connectivity index (χ2v) is 5.79. The van der Waals surface area contributed by atoms with E-state index in [0.29, 0.717) is 0 Å². The lowest BCUT2D eigenvalue weighted by atomic mass is 10.2. The fourth-order valence-corrected chi connectivity index (χ4v) is 3.43. The Morgan fingerprint density at radius 2 is 2.21 bits per heavy atom. The van der Waals surface area contributed by atoms with Crippen molar-refractivity contribution in [1.82, 2.24) is 9.78 Å². The van der Waals surface area contributed by atoms with Crippen LogP contribution in [0.1, 0.15) is 11.8 Å². The van der Waals surface area contributed by atoms with Crippen molar-refractivity contribution < 1.29 is 0 Å². The smallest absolute Gasteiger partial charge is 0.0729 e. The summed E-state index contributed by atoms with van der Waals surface area (Å²) in [7, 11) is 0. The first-order chi connectivity index (χ1) is 9.28. The average molecular weight is 292 g/mol. The van der Waals surface area contributed by atoms with Crippen molar-refractivity contribution in [2.75, 3.05) is 5.32 Å². The first-order valence-electron chi connectivity index (χ1n) is 6.20. The van der Waals surface area contributed by atoms with Gasteiger partial charge in [-0.1, -0.05) is 29.8 Å². The van der Waals surface area contributed by atoms with Crippen molar-refractivity contribution in [1.29, 1.82) is 0 Å². The zero-order valence-electron chi connectivity index (χ0n) is 10.6. The van der Waals surface area contributed by atoms with Crippen molar-refractivity contribution >= 4 is 38.7 Å². The molecule has 0 bridgehead atoms. The van der Waals surface area contributed by atoms with Gasteiger partial charge >= 0.3 is 0 Å². The molecule has 2 aromatic heterocycles. The molecule has 19 heavy (non-hydrogen) atoms. The van der Waals surface area contributed by atoms with E-state index in [4.69, 9.17) is 11.6 Å². The Bertz CT molecular complexity index is 702. The largest absolute Gasteiger partial charge is 0.378 e. The third kappa shape index (κ3) is 2.46. The molecule has 0 radical (unpaired) electrons. The number of rotatable bonds is 4. The Hall–Kier alpha value is -1.52. The van der Waals surface area contributed by atoms with Crippen LogP contribution < -0.4 is 5.32 Å². The van der Waals surface area contributed by atoms with E-state index in [9.17, 15) is 0 Å². The topological polar surface area (TPSA) is 29.9 Å². The van der Waals surface area contributed by atoms with Crippen LogP contribution in [0.15, 0.2) is 36.7 Å². The average Bonchev–Trinajstić information content (AvgIpc) is 3.02. The first kappa shape index (κ1) is 12.5. The summed E-state index contributed by atoms with van der Waals surface area (Å²) < 4.78 is 3.13. The fourth-order valence-electron chi connectivity index (χ4n) is 1.99. The van der Waals surface area contributed by atoms with E-state index in [1.807, 2.05) is 29.2 Å². The van der Waals surface area contributed by atoms with E-state index in [1.165, 1.54) is 4.70 Å². The number of benzene rings is 1. The van der Waals surface area contributed by atoms with E-state index in [1.54, 1.807) is 11.3 Å². The van der Waals surface area contributed by atoms with Gasteiger partial charge in [-0.25, -0.2) is 0 Å². The van der Waals surface area contributed by atoms with E-state index >= 15 is 0 Å². The molecule has 0 spiro atoms. The van der Waals surface area contributed by atoms with Crippen LogP contribution in [0.3, 0.4) is 0 Å². The lowest BCUT2D eigenvalue weighted by Crippen LogP contribution is -1.97. The van der Waals surface area contributed by atoms with Gasteiger partial charge in [0.05, 0.1) is 23.5 Å². The summed E-state index contributed by atoms with van der Waals surface area (Å²) in [5.41, 5.74) is 1.02. The Kier molecular flexibility index (Phi) is 3.44. The molecule has 5 heteroatoms. The fraction of sp³-hybridized carbons (Fsp3) is 0.214. The van der Waals surface area contributed by atoms with Crippen molar-refractivity contribution in [3.8, 4) is 0 Å². The van der Waals surface area contributed by atoms with Gasteiger partial charge in [-0.3, -0.25) is 4.68 Å². The summed E-state index contributed by atoms with van der Waals surface area (Å²) in [5, 5.41) is 9.59. The minimum atomic E-state index is 0.730. The third-order valence-corrected chi connectivity index (χ3v) is 4.73. The first-order valence-corrected chi connectivity index (χ1v) is 7.39. The molecule has 0 atom stereocenters. The minimum absolute atomic E-state index is 0.730. The van der Waals surface area contributed by atoms with Gasteiger partial charge in [-0.15, -0.1) is 11.3 Å². The molecule has 98 valence electrons. The quantitative estimate of drug-likeness (QED) is 0.773. The highest BCUT2D eigenvalue weighted by Crippen LogP contribution is 2.35. The van der Waals surface area contributed by atoms with Gasteiger partial charge < -0.3 is 5.32 Å². The van der Waals surface area contributed by atoms with Gasteiger partial charge in [0.1, 0.15) is 0 Å². The van der Waals surface area contributed by atoms with Gasteiger partial charge in [0.25, 0.3) is 0 Å². The number of nitrogens with one attached hydrogen (secondary N) is 1. The van der Waals surface area contributed by atoms with Crippen LogP contribution in [0.5, 0.6) is 0 Å². The number of halogens is 1. The Morgan fingerprint density at radius 1 is 1.37 bits per heavy atom. The highest BCUT2D eigenvalue weighted by Gasteiger charge is 2.09. The van der Waals surface area contributed by atoms with E-state index < -0.39 is 0 Å². The van der Waals surface area contributed by atoms with E-state index in [2.05, 4.69) is 29.5 Å². The SMILES string of the molecule is CCn1cc(NCc2sc3ccccc3c2Cl)cn1. The lowest BCUT2D eigenvalue weighted by molar-refractivity contribution is 0.660. The summed E-state index contributed by atoms with van der Waals surface area (Å²) in [5.74, 6) is 0. The molecule has 0 unspecified atom stereocenters. The molecule has 3 nitrogen and oxygen atoms in total. The van der Waals surface area contributed by atoms with Crippen LogP contribution in [0.25, 0.3) is 10.1 Å². The minimum Gasteiger partial charge on any atom is -0.378 e. The number of hydrogen-bond acceptors (Lipinski definition) is 3.